The van der Waals surface area contributed by atoms with Crippen LogP contribution < -0.4 is 16.8 Å². The van der Waals surface area contributed by atoms with Gasteiger partial charge in [-0.3, -0.25) is 4.79 Å². The van der Waals surface area contributed by atoms with E-state index >= 15 is 0 Å². The number of benzene rings is 1. The number of hydrogen-bond donors (Lipinski definition) is 3. The Balaban J connectivity index is 2.16. The summed E-state index contributed by atoms with van der Waals surface area (Å²) in [5, 5.41) is 11.2. The van der Waals surface area contributed by atoms with Crippen molar-refractivity contribution >= 4 is 23.1 Å². The van der Waals surface area contributed by atoms with Gasteiger partial charge in [-0.15, -0.1) is 0 Å². The van der Waals surface area contributed by atoms with Crippen molar-refractivity contribution in [2.24, 2.45) is 0 Å². The molecule has 0 saturated carbocycles. The molecule has 2 rings (SSSR count). The molecule has 0 spiro atoms. The highest BCUT2D eigenvalue weighted by Gasteiger charge is 2.08. The predicted octanol–water partition coefficient (Wildman–Crippen LogP) is 1.37. The second-order valence-corrected chi connectivity index (χ2v) is 3.84. The highest BCUT2D eigenvalue weighted by Crippen LogP contribution is 2.17. The molecule has 0 radical (unpaired) electrons. The summed E-state index contributed by atoms with van der Waals surface area (Å²) in [4.78, 5) is 15.9. The summed E-state index contributed by atoms with van der Waals surface area (Å²) in [5.41, 5.74) is 12.8. The standard InChI is InChI=1S/C13H11N5O/c14-6-8-1-4-12(17-7-8)18-13(19)9-2-3-10(15)11(16)5-9/h1-5,7H,15-16H2,(H,17,18,19). The van der Waals surface area contributed by atoms with E-state index in [4.69, 9.17) is 16.7 Å². The van der Waals surface area contributed by atoms with Gasteiger partial charge in [0.15, 0.2) is 0 Å². The van der Waals surface area contributed by atoms with Gasteiger partial charge in [0, 0.05) is 11.8 Å². The number of nitrogen functional groups attached to an aromatic ring is 2. The maximum absolute atomic E-state index is 11.9. The van der Waals surface area contributed by atoms with E-state index in [9.17, 15) is 4.79 Å². The van der Waals surface area contributed by atoms with E-state index in [1.165, 1.54) is 12.3 Å². The van der Waals surface area contributed by atoms with Crippen LogP contribution in [0.2, 0.25) is 0 Å². The summed E-state index contributed by atoms with van der Waals surface area (Å²) in [6.07, 6.45) is 1.38. The number of nitrogens with one attached hydrogen (secondary N) is 1. The summed E-state index contributed by atoms with van der Waals surface area (Å²) < 4.78 is 0. The number of nitriles is 1. The number of aromatic nitrogens is 1. The Hall–Kier alpha value is -3.07. The largest absolute Gasteiger partial charge is 0.397 e. The fourth-order valence-electron chi connectivity index (χ4n) is 1.44. The zero-order valence-corrected chi connectivity index (χ0v) is 9.92. The van der Waals surface area contributed by atoms with Crippen LogP contribution in [0.5, 0.6) is 0 Å². The summed E-state index contributed by atoms with van der Waals surface area (Å²) in [6, 6.07) is 9.70. The van der Waals surface area contributed by atoms with Crippen molar-refractivity contribution in [1.82, 2.24) is 4.98 Å². The molecule has 1 aromatic heterocycles. The third-order valence-corrected chi connectivity index (χ3v) is 2.48. The van der Waals surface area contributed by atoms with E-state index in [1.54, 1.807) is 24.3 Å². The molecule has 19 heavy (non-hydrogen) atoms. The topological polar surface area (TPSA) is 118 Å². The van der Waals surface area contributed by atoms with Crippen LogP contribution >= 0.6 is 0 Å². The van der Waals surface area contributed by atoms with Gasteiger partial charge in [0.05, 0.1) is 16.9 Å². The average Bonchev–Trinajstić information content (AvgIpc) is 2.42. The molecule has 0 aliphatic carbocycles. The predicted molar refractivity (Wildman–Crippen MR) is 72.2 cm³/mol. The molecule has 0 saturated heterocycles. The van der Waals surface area contributed by atoms with Crippen LogP contribution in [-0.2, 0) is 0 Å². The van der Waals surface area contributed by atoms with Gasteiger partial charge in [-0.2, -0.15) is 5.26 Å². The maximum atomic E-state index is 11.9. The zero-order valence-electron chi connectivity index (χ0n) is 9.92. The third kappa shape index (κ3) is 2.79. The Labute approximate surface area is 109 Å². The van der Waals surface area contributed by atoms with Gasteiger partial charge >= 0.3 is 0 Å². The van der Waals surface area contributed by atoms with E-state index < -0.39 is 0 Å². The van der Waals surface area contributed by atoms with Crippen LogP contribution in [-0.4, -0.2) is 10.9 Å². The molecule has 94 valence electrons. The minimum absolute atomic E-state index is 0.344. The molecule has 6 heteroatoms. The third-order valence-electron chi connectivity index (χ3n) is 2.48. The quantitative estimate of drug-likeness (QED) is 0.698. The number of nitrogens with zero attached hydrogens (tertiary/aromatic N) is 2. The fourth-order valence-corrected chi connectivity index (χ4v) is 1.44. The zero-order chi connectivity index (χ0) is 13.8. The Bertz CT molecular complexity index is 658. The first-order valence-corrected chi connectivity index (χ1v) is 5.42. The molecule has 0 aliphatic heterocycles. The van der Waals surface area contributed by atoms with E-state index in [1.807, 2.05) is 6.07 Å². The van der Waals surface area contributed by atoms with Crippen LogP contribution in [0.15, 0.2) is 36.5 Å². The Morgan fingerprint density at radius 3 is 2.58 bits per heavy atom. The summed E-state index contributed by atoms with van der Waals surface area (Å²) in [7, 11) is 0. The summed E-state index contributed by atoms with van der Waals surface area (Å²) in [5.74, 6) is 0.0169. The van der Waals surface area contributed by atoms with Crippen LogP contribution in [0, 0.1) is 11.3 Å². The number of anilines is 3. The van der Waals surface area contributed by atoms with Crippen molar-refractivity contribution in [3.05, 3.63) is 47.7 Å². The SMILES string of the molecule is N#Cc1ccc(NC(=O)c2ccc(N)c(N)c2)nc1. The molecule has 6 nitrogen and oxygen atoms in total. The minimum Gasteiger partial charge on any atom is -0.397 e. The van der Waals surface area contributed by atoms with Gasteiger partial charge in [-0.1, -0.05) is 0 Å². The molecule has 1 aromatic carbocycles. The molecule has 0 unspecified atom stereocenters. The molecule has 0 bridgehead atoms. The molecule has 0 aliphatic rings. The lowest BCUT2D eigenvalue weighted by Crippen LogP contribution is -2.13. The molecule has 1 amide bonds. The highest BCUT2D eigenvalue weighted by molar-refractivity contribution is 6.04. The monoisotopic (exact) mass is 253 g/mol. The van der Waals surface area contributed by atoms with Gasteiger partial charge < -0.3 is 16.8 Å². The second-order valence-electron chi connectivity index (χ2n) is 3.84. The van der Waals surface area contributed by atoms with Gasteiger partial charge in [-0.25, -0.2) is 4.98 Å². The van der Waals surface area contributed by atoms with Gasteiger partial charge in [0.1, 0.15) is 11.9 Å². The Kier molecular flexibility index (Phi) is 3.30. The van der Waals surface area contributed by atoms with E-state index in [2.05, 4.69) is 10.3 Å². The lowest BCUT2D eigenvalue weighted by molar-refractivity contribution is 0.102. The van der Waals surface area contributed by atoms with Crippen molar-refractivity contribution < 1.29 is 4.79 Å². The van der Waals surface area contributed by atoms with Gasteiger partial charge in [-0.05, 0) is 30.3 Å². The molecule has 0 atom stereocenters. The lowest BCUT2D eigenvalue weighted by atomic mass is 10.1. The van der Waals surface area contributed by atoms with Crippen molar-refractivity contribution in [3.8, 4) is 6.07 Å². The van der Waals surface area contributed by atoms with E-state index in [0.717, 1.165) is 0 Å². The van der Waals surface area contributed by atoms with Crippen molar-refractivity contribution in [2.75, 3.05) is 16.8 Å². The second kappa shape index (κ2) is 5.06. The van der Waals surface area contributed by atoms with Crippen LogP contribution in [0.4, 0.5) is 17.2 Å². The number of hydrogen-bond acceptors (Lipinski definition) is 5. The molecule has 2 aromatic rings. The van der Waals surface area contributed by atoms with Crippen molar-refractivity contribution in [3.63, 3.8) is 0 Å². The highest BCUT2D eigenvalue weighted by atomic mass is 16.1. The Morgan fingerprint density at radius 2 is 2.00 bits per heavy atom. The maximum Gasteiger partial charge on any atom is 0.256 e. The van der Waals surface area contributed by atoms with Crippen LogP contribution in [0.1, 0.15) is 15.9 Å². The normalized spacial score (nSPS) is 9.63. The molecular formula is C13H11N5O. The summed E-state index contributed by atoms with van der Waals surface area (Å²) >= 11 is 0. The first-order chi connectivity index (χ1) is 9.10. The lowest BCUT2D eigenvalue weighted by Gasteiger charge is -2.06. The summed E-state index contributed by atoms with van der Waals surface area (Å²) in [6.45, 7) is 0. The van der Waals surface area contributed by atoms with Gasteiger partial charge in [0.2, 0.25) is 0 Å². The molecule has 5 N–H and O–H groups in total. The molecular weight excluding hydrogens is 242 g/mol. The van der Waals surface area contributed by atoms with Crippen molar-refractivity contribution in [1.29, 1.82) is 5.26 Å². The number of nitrogens with two attached hydrogens (primary N) is 2. The number of carbonyl (C=O) groups is 1. The van der Waals surface area contributed by atoms with E-state index in [-0.39, 0.29) is 5.91 Å². The smallest absolute Gasteiger partial charge is 0.256 e. The van der Waals surface area contributed by atoms with Gasteiger partial charge in [0.25, 0.3) is 5.91 Å². The fraction of sp³-hybridized carbons (Fsp3) is 0. The number of amides is 1. The average molecular weight is 253 g/mol. The number of carbonyl (C=O) groups excluding carboxylic acids is 1. The first kappa shape index (κ1) is 12.4. The first-order valence-electron chi connectivity index (χ1n) is 5.42. The van der Waals surface area contributed by atoms with Crippen LogP contribution in [0.25, 0.3) is 0 Å². The Morgan fingerprint density at radius 1 is 1.21 bits per heavy atom. The molecule has 1 heterocycles. The molecule has 0 fully saturated rings. The van der Waals surface area contributed by atoms with Crippen molar-refractivity contribution in [2.45, 2.75) is 0 Å². The number of pyridine rings is 1. The van der Waals surface area contributed by atoms with Crippen LogP contribution in [0.3, 0.4) is 0 Å². The van der Waals surface area contributed by atoms with E-state index in [0.29, 0.717) is 28.3 Å². The number of rotatable bonds is 2. The minimum atomic E-state index is -0.344.